The normalized spacial score (nSPS) is 29.3. The Morgan fingerprint density at radius 3 is 2.20 bits per heavy atom. The monoisotopic (exact) mass is 824 g/mol. The molecule has 59 heavy (non-hydrogen) atoms. The fraction of sp³-hybridized carbons (Fsp3) is 0.889. The van der Waals surface area contributed by atoms with Gasteiger partial charge in [-0.25, -0.2) is 0 Å². The first-order valence-electron chi connectivity index (χ1n) is 25.6. The first-order chi connectivity index (χ1) is 28.6. The third-order valence-corrected chi connectivity index (χ3v) is 15.8. The number of ether oxygens (including phenoxy) is 4. The SMILES string of the molecule is CCCCC/C=C\C/C=C\CCCCCCCCOCC(CN(C)C)OCCOCCO[C@H]1CC[C@@]2(C)C(=CC[C@H]3[C@@H]4CC[C@H]([C@H](C)CCCC(C)C)[C@@]4(C)CC[C@@H]32)C1. The molecule has 0 saturated heterocycles. The zero-order chi connectivity index (χ0) is 42.4. The molecule has 0 spiro atoms. The van der Waals surface area contributed by atoms with E-state index < -0.39 is 0 Å². The third kappa shape index (κ3) is 16.9. The molecule has 3 fully saturated rings. The third-order valence-electron chi connectivity index (χ3n) is 15.8. The van der Waals surface area contributed by atoms with Crippen LogP contribution in [0.5, 0.6) is 0 Å². The number of hydrogen-bond donors (Lipinski definition) is 0. The summed E-state index contributed by atoms with van der Waals surface area (Å²) in [5.74, 6) is 5.36. The standard InChI is InChI=1S/C54H97NO4/c1-9-10-11-12-13-14-15-16-17-18-19-20-21-22-23-24-36-57-43-48(42-55(7)8)59-40-38-56-37-39-58-47-32-34-53(5)46(41-47)28-29-49-51-31-30-50(45(4)27-25-26-44(2)3)54(51,6)35-33-52(49)53/h13-14,16-17,28,44-45,47-52H,9-12,15,18-27,29-43H2,1-8H3/b14-13-,17-16-/t45-,47+,48?,49+,50-,51+,52+,53+,54-/m1/s1. The molecular formula is C54H97NO4. The summed E-state index contributed by atoms with van der Waals surface area (Å²) in [6.07, 6.45) is 42.8. The highest BCUT2D eigenvalue weighted by molar-refractivity contribution is 5.25. The predicted molar refractivity (Wildman–Crippen MR) is 252 cm³/mol. The second-order valence-electron chi connectivity index (χ2n) is 21.1. The van der Waals surface area contributed by atoms with Gasteiger partial charge >= 0.3 is 0 Å². The van der Waals surface area contributed by atoms with Crippen molar-refractivity contribution in [3.63, 3.8) is 0 Å². The van der Waals surface area contributed by atoms with Crippen LogP contribution in [0.4, 0.5) is 0 Å². The summed E-state index contributed by atoms with van der Waals surface area (Å²) in [7, 11) is 4.21. The van der Waals surface area contributed by atoms with Gasteiger partial charge in [0.25, 0.3) is 0 Å². The smallest absolute Gasteiger partial charge is 0.0935 e. The quantitative estimate of drug-likeness (QED) is 0.0499. The summed E-state index contributed by atoms with van der Waals surface area (Å²) in [5.41, 5.74) is 2.67. The van der Waals surface area contributed by atoms with Gasteiger partial charge in [0.05, 0.1) is 45.2 Å². The molecule has 4 aliphatic carbocycles. The zero-order valence-electron chi connectivity index (χ0n) is 40.3. The van der Waals surface area contributed by atoms with Crippen molar-refractivity contribution < 1.29 is 18.9 Å². The molecule has 0 aliphatic heterocycles. The van der Waals surface area contributed by atoms with E-state index in [1.165, 1.54) is 128 Å². The van der Waals surface area contributed by atoms with Gasteiger partial charge in [0.15, 0.2) is 0 Å². The summed E-state index contributed by atoms with van der Waals surface area (Å²) in [5, 5.41) is 0. The van der Waals surface area contributed by atoms with Gasteiger partial charge in [-0.2, -0.15) is 0 Å². The lowest BCUT2D eigenvalue weighted by molar-refractivity contribution is -0.0727. The van der Waals surface area contributed by atoms with Crippen molar-refractivity contribution in [1.82, 2.24) is 4.90 Å². The largest absolute Gasteiger partial charge is 0.379 e. The molecule has 0 amide bonds. The van der Waals surface area contributed by atoms with E-state index in [0.717, 1.165) is 67.9 Å². The molecular weight excluding hydrogens is 727 g/mol. The maximum Gasteiger partial charge on any atom is 0.0935 e. The van der Waals surface area contributed by atoms with Crippen LogP contribution in [0.1, 0.15) is 189 Å². The molecule has 4 rings (SSSR count). The average molecular weight is 824 g/mol. The molecule has 1 unspecified atom stereocenters. The lowest BCUT2D eigenvalue weighted by Crippen LogP contribution is -2.51. The van der Waals surface area contributed by atoms with E-state index in [1.54, 1.807) is 5.57 Å². The summed E-state index contributed by atoms with van der Waals surface area (Å²) >= 11 is 0. The van der Waals surface area contributed by atoms with E-state index in [9.17, 15) is 0 Å². The van der Waals surface area contributed by atoms with Crippen molar-refractivity contribution in [2.75, 3.05) is 60.3 Å². The fourth-order valence-electron chi connectivity index (χ4n) is 12.4. The first-order valence-corrected chi connectivity index (χ1v) is 25.6. The number of allylic oxidation sites excluding steroid dienone is 5. The molecule has 5 heteroatoms. The van der Waals surface area contributed by atoms with Crippen molar-refractivity contribution in [3.05, 3.63) is 36.0 Å². The van der Waals surface area contributed by atoms with E-state index in [-0.39, 0.29) is 6.10 Å². The van der Waals surface area contributed by atoms with Crippen LogP contribution in [-0.4, -0.2) is 77.4 Å². The minimum absolute atomic E-state index is 0.0745. The highest BCUT2D eigenvalue weighted by Gasteiger charge is 2.59. The Balaban J connectivity index is 1.02. The number of fused-ring (bicyclic) bond motifs is 5. The van der Waals surface area contributed by atoms with E-state index in [1.807, 2.05) is 0 Å². The minimum atomic E-state index is 0.0745. The lowest BCUT2D eigenvalue weighted by atomic mass is 9.47. The molecule has 5 nitrogen and oxygen atoms in total. The van der Waals surface area contributed by atoms with E-state index in [4.69, 9.17) is 18.9 Å². The van der Waals surface area contributed by atoms with Gasteiger partial charge in [0.1, 0.15) is 0 Å². The molecule has 0 aromatic carbocycles. The molecule has 9 atom stereocenters. The highest BCUT2D eigenvalue weighted by atomic mass is 16.6. The second-order valence-corrected chi connectivity index (χ2v) is 21.1. The maximum atomic E-state index is 6.47. The molecule has 342 valence electrons. The second kappa shape index (κ2) is 27.9. The van der Waals surface area contributed by atoms with E-state index >= 15 is 0 Å². The van der Waals surface area contributed by atoms with Crippen molar-refractivity contribution in [2.45, 2.75) is 201 Å². The maximum absolute atomic E-state index is 6.47. The van der Waals surface area contributed by atoms with Crippen LogP contribution in [0.15, 0.2) is 36.0 Å². The minimum Gasteiger partial charge on any atom is -0.379 e. The van der Waals surface area contributed by atoms with Crippen LogP contribution < -0.4 is 0 Å². The summed E-state index contributed by atoms with van der Waals surface area (Å²) in [6.45, 7) is 19.9. The Morgan fingerprint density at radius 2 is 1.46 bits per heavy atom. The van der Waals surface area contributed by atoms with E-state index in [0.29, 0.717) is 50.0 Å². The van der Waals surface area contributed by atoms with Crippen molar-refractivity contribution in [3.8, 4) is 0 Å². The summed E-state index contributed by atoms with van der Waals surface area (Å²) < 4.78 is 24.8. The number of unbranched alkanes of at least 4 members (excludes halogenated alkanes) is 9. The van der Waals surface area contributed by atoms with Crippen LogP contribution in [0.3, 0.4) is 0 Å². The molecule has 4 aliphatic rings. The number of hydrogen-bond acceptors (Lipinski definition) is 5. The molecule has 0 heterocycles. The van der Waals surface area contributed by atoms with Crippen molar-refractivity contribution in [2.24, 2.45) is 46.3 Å². The molecule has 0 bridgehead atoms. The fourth-order valence-corrected chi connectivity index (χ4v) is 12.4. The Morgan fingerprint density at radius 1 is 0.729 bits per heavy atom. The molecule has 0 N–H and O–H groups in total. The molecule has 3 saturated carbocycles. The van der Waals surface area contributed by atoms with Crippen LogP contribution in [-0.2, 0) is 18.9 Å². The van der Waals surface area contributed by atoms with Crippen LogP contribution in [0.2, 0.25) is 0 Å². The van der Waals surface area contributed by atoms with Crippen LogP contribution >= 0.6 is 0 Å². The summed E-state index contributed by atoms with van der Waals surface area (Å²) in [4.78, 5) is 2.19. The Kier molecular flexibility index (Phi) is 24.0. The molecule has 0 radical (unpaired) electrons. The van der Waals surface area contributed by atoms with Gasteiger partial charge in [0.2, 0.25) is 0 Å². The van der Waals surface area contributed by atoms with Gasteiger partial charge in [0, 0.05) is 13.2 Å². The lowest BCUT2D eigenvalue weighted by Gasteiger charge is -2.58. The van der Waals surface area contributed by atoms with Crippen LogP contribution in [0.25, 0.3) is 0 Å². The molecule has 0 aromatic heterocycles. The van der Waals surface area contributed by atoms with Gasteiger partial charge in [-0.1, -0.05) is 135 Å². The average Bonchev–Trinajstić information content (AvgIpc) is 3.57. The highest BCUT2D eigenvalue weighted by Crippen LogP contribution is 2.67. The van der Waals surface area contributed by atoms with Crippen LogP contribution in [0, 0.1) is 46.3 Å². The molecule has 0 aromatic rings. The van der Waals surface area contributed by atoms with Crippen molar-refractivity contribution in [1.29, 1.82) is 0 Å². The van der Waals surface area contributed by atoms with Crippen molar-refractivity contribution >= 4 is 0 Å². The Bertz CT molecular complexity index is 1190. The predicted octanol–water partition coefficient (Wildman–Crippen LogP) is 14.2. The Hall–Kier alpha value is -0.980. The van der Waals surface area contributed by atoms with E-state index in [2.05, 4.69) is 90.9 Å². The summed E-state index contributed by atoms with van der Waals surface area (Å²) in [6, 6.07) is 0. The van der Waals surface area contributed by atoms with Gasteiger partial charge in [-0.15, -0.1) is 0 Å². The van der Waals surface area contributed by atoms with Gasteiger partial charge < -0.3 is 23.8 Å². The van der Waals surface area contributed by atoms with Gasteiger partial charge in [-0.3, -0.25) is 0 Å². The first kappa shape index (κ1) is 50.7. The Labute approximate surface area is 366 Å². The zero-order valence-corrected chi connectivity index (χ0v) is 40.3. The number of nitrogens with zero attached hydrogens (tertiary/aromatic N) is 1. The number of likely N-dealkylation sites (N-methyl/N-ethyl adjacent to an activating group) is 1. The van der Waals surface area contributed by atoms with Gasteiger partial charge in [-0.05, 0) is 150 Å². The number of rotatable bonds is 32. The topological polar surface area (TPSA) is 40.2 Å².